The second kappa shape index (κ2) is 4.58. The first-order valence-electron chi connectivity index (χ1n) is 3.50. The summed E-state index contributed by atoms with van der Waals surface area (Å²) in [7, 11) is 1.33. The summed E-state index contributed by atoms with van der Waals surface area (Å²) in [5, 5.41) is 0.458. The lowest BCUT2D eigenvalue weighted by atomic mass is 10.3. The van der Waals surface area contributed by atoms with Gasteiger partial charge in [0.2, 0.25) is 0 Å². The Bertz CT molecular complexity index is 330. The minimum Gasteiger partial charge on any atom is -0.469 e. The number of methoxy groups -OCH3 is 1. The van der Waals surface area contributed by atoms with E-state index in [1.807, 2.05) is 0 Å². The second-order valence-corrected chi connectivity index (χ2v) is 3.66. The number of carbonyl (C=O) groups is 1. The summed E-state index contributed by atoms with van der Waals surface area (Å²) in [6.07, 6.45) is 1.69. The molecule has 0 unspecified atom stereocenters. The van der Waals surface area contributed by atoms with Crippen LogP contribution in [0.1, 0.15) is 5.69 Å². The monoisotopic (exact) mass is 263 g/mol. The molecule has 1 rings (SSSR count). The summed E-state index contributed by atoms with van der Waals surface area (Å²) in [4.78, 5) is 14.9. The Balaban J connectivity index is 2.83. The van der Waals surface area contributed by atoms with Crippen LogP contribution in [0.3, 0.4) is 0 Å². The number of aromatic nitrogens is 1. The van der Waals surface area contributed by atoms with Gasteiger partial charge in [0.15, 0.2) is 0 Å². The van der Waals surface area contributed by atoms with Gasteiger partial charge in [-0.3, -0.25) is 9.78 Å². The molecule has 0 saturated carbocycles. The SMILES string of the molecule is COC(=O)Cc1ncc(Br)cc1Cl. The number of rotatable bonds is 2. The lowest BCUT2D eigenvalue weighted by molar-refractivity contribution is -0.139. The number of halogens is 2. The van der Waals surface area contributed by atoms with Crippen LogP contribution in [0, 0.1) is 0 Å². The molecule has 0 aliphatic carbocycles. The van der Waals surface area contributed by atoms with Crippen molar-refractivity contribution < 1.29 is 9.53 Å². The molecule has 0 amide bonds. The van der Waals surface area contributed by atoms with Gasteiger partial charge in [-0.25, -0.2) is 0 Å². The smallest absolute Gasteiger partial charge is 0.311 e. The van der Waals surface area contributed by atoms with Crippen molar-refractivity contribution >= 4 is 33.5 Å². The molecule has 0 aliphatic heterocycles. The van der Waals surface area contributed by atoms with Crippen LogP contribution in [0.25, 0.3) is 0 Å². The standard InChI is InChI=1S/C8H7BrClNO2/c1-13-8(12)3-7-6(10)2-5(9)4-11-7/h2,4H,3H2,1H3. The van der Waals surface area contributed by atoms with Gasteiger partial charge in [0.25, 0.3) is 0 Å². The van der Waals surface area contributed by atoms with Gasteiger partial charge in [0, 0.05) is 10.7 Å². The Kier molecular flexibility index (Phi) is 3.69. The Morgan fingerprint density at radius 3 is 3.00 bits per heavy atom. The third-order valence-electron chi connectivity index (χ3n) is 1.42. The van der Waals surface area contributed by atoms with Crippen molar-refractivity contribution in [2.24, 2.45) is 0 Å². The lowest BCUT2D eigenvalue weighted by Crippen LogP contribution is -2.06. The maximum Gasteiger partial charge on any atom is 0.311 e. The summed E-state index contributed by atoms with van der Waals surface area (Å²) in [5.74, 6) is -0.350. The molecule has 1 aromatic heterocycles. The molecule has 13 heavy (non-hydrogen) atoms. The molecule has 1 heterocycles. The molecular weight excluding hydrogens is 257 g/mol. The van der Waals surface area contributed by atoms with Gasteiger partial charge in [-0.2, -0.15) is 0 Å². The number of hydrogen-bond acceptors (Lipinski definition) is 3. The van der Waals surface area contributed by atoms with Crippen molar-refractivity contribution in [1.29, 1.82) is 0 Å². The minimum absolute atomic E-state index is 0.0998. The predicted octanol–water partition coefficient (Wildman–Crippen LogP) is 2.21. The Labute approximate surface area is 89.2 Å². The number of pyridine rings is 1. The number of hydrogen-bond donors (Lipinski definition) is 0. The average molecular weight is 265 g/mol. The van der Waals surface area contributed by atoms with E-state index >= 15 is 0 Å². The van der Waals surface area contributed by atoms with Gasteiger partial charge in [-0.05, 0) is 22.0 Å². The van der Waals surface area contributed by atoms with Gasteiger partial charge >= 0.3 is 5.97 Å². The zero-order valence-corrected chi connectivity index (χ0v) is 9.22. The molecule has 5 heteroatoms. The van der Waals surface area contributed by atoms with Crippen molar-refractivity contribution in [2.45, 2.75) is 6.42 Å². The van der Waals surface area contributed by atoms with E-state index in [1.165, 1.54) is 7.11 Å². The second-order valence-electron chi connectivity index (χ2n) is 2.33. The molecule has 0 aromatic carbocycles. The van der Waals surface area contributed by atoms with E-state index in [2.05, 4.69) is 25.7 Å². The van der Waals surface area contributed by atoms with Crippen molar-refractivity contribution in [3.63, 3.8) is 0 Å². The number of carbonyl (C=O) groups excluding carboxylic acids is 1. The molecule has 0 radical (unpaired) electrons. The Morgan fingerprint density at radius 1 is 1.77 bits per heavy atom. The Morgan fingerprint density at radius 2 is 2.46 bits per heavy atom. The molecule has 3 nitrogen and oxygen atoms in total. The molecule has 0 fully saturated rings. The fraction of sp³-hybridized carbons (Fsp3) is 0.250. The summed E-state index contributed by atoms with van der Waals surface area (Å²) < 4.78 is 5.27. The van der Waals surface area contributed by atoms with Crippen LogP contribution in [0.15, 0.2) is 16.7 Å². The zero-order chi connectivity index (χ0) is 9.84. The molecule has 0 atom stereocenters. The van der Waals surface area contributed by atoms with Gasteiger partial charge in [-0.15, -0.1) is 0 Å². The van der Waals surface area contributed by atoms with E-state index in [-0.39, 0.29) is 12.4 Å². The highest BCUT2D eigenvalue weighted by molar-refractivity contribution is 9.10. The lowest BCUT2D eigenvalue weighted by Gasteiger charge is -2.01. The van der Waals surface area contributed by atoms with Crippen LogP contribution in [-0.2, 0) is 16.0 Å². The summed E-state index contributed by atoms with van der Waals surface area (Å²) in [5.41, 5.74) is 0.525. The number of ether oxygens (including phenoxy) is 1. The van der Waals surface area contributed by atoms with E-state index in [0.717, 1.165) is 4.47 Å². The summed E-state index contributed by atoms with van der Waals surface area (Å²) in [6, 6.07) is 1.69. The molecule has 0 spiro atoms. The normalized spacial score (nSPS) is 9.77. The molecular formula is C8H7BrClNO2. The van der Waals surface area contributed by atoms with Gasteiger partial charge < -0.3 is 4.74 Å². The first kappa shape index (κ1) is 10.5. The summed E-state index contributed by atoms with van der Waals surface area (Å²) >= 11 is 9.05. The molecule has 70 valence electrons. The first-order chi connectivity index (χ1) is 6.13. The largest absolute Gasteiger partial charge is 0.469 e. The number of esters is 1. The van der Waals surface area contributed by atoms with Crippen LogP contribution in [-0.4, -0.2) is 18.1 Å². The van der Waals surface area contributed by atoms with Crippen LogP contribution < -0.4 is 0 Å². The van der Waals surface area contributed by atoms with Gasteiger partial charge in [0.05, 0.1) is 24.2 Å². The van der Waals surface area contributed by atoms with Crippen molar-refractivity contribution in [2.75, 3.05) is 7.11 Å². The molecule has 0 N–H and O–H groups in total. The summed E-state index contributed by atoms with van der Waals surface area (Å²) in [6.45, 7) is 0. The predicted molar refractivity (Wildman–Crippen MR) is 52.7 cm³/mol. The van der Waals surface area contributed by atoms with Crippen LogP contribution in [0.5, 0.6) is 0 Å². The highest BCUT2D eigenvalue weighted by Gasteiger charge is 2.08. The Hall–Kier alpha value is -0.610. The highest BCUT2D eigenvalue weighted by atomic mass is 79.9. The average Bonchev–Trinajstić information content (AvgIpc) is 2.09. The highest BCUT2D eigenvalue weighted by Crippen LogP contribution is 2.19. The fourth-order valence-corrected chi connectivity index (χ4v) is 1.48. The van der Waals surface area contributed by atoms with E-state index < -0.39 is 0 Å². The third-order valence-corrected chi connectivity index (χ3v) is 2.18. The van der Waals surface area contributed by atoms with Crippen LogP contribution in [0.2, 0.25) is 5.02 Å². The van der Waals surface area contributed by atoms with Crippen LogP contribution >= 0.6 is 27.5 Å². The third kappa shape index (κ3) is 2.97. The first-order valence-corrected chi connectivity index (χ1v) is 4.67. The van der Waals surface area contributed by atoms with Crippen LogP contribution in [0.4, 0.5) is 0 Å². The van der Waals surface area contributed by atoms with E-state index in [9.17, 15) is 4.79 Å². The molecule has 0 bridgehead atoms. The molecule has 1 aromatic rings. The number of nitrogens with zero attached hydrogens (tertiary/aromatic N) is 1. The quantitative estimate of drug-likeness (QED) is 0.769. The van der Waals surface area contributed by atoms with Gasteiger partial charge in [0.1, 0.15) is 0 Å². The minimum atomic E-state index is -0.350. The van der Waals surface area contributed by atoms with Gasteiger partial charge in [-0.1, -0.05) is 11.6 Å². The van der Waals surface area contributed by atoms with E-state index in [4.69, 9.17) is 11.6 Å². The van der Waals surface area contributed by atoms with E-state index in [0.29, 0.717) is 10.7 Å². The van der Waals surface area contributed by atoms with Crippen molar-refractivity contribution in [1.82, 2.24) is 4.98 Å². The molecule has 0 aliphatic rings. The maximum absolute atomic E-state index is 10.9. The van der Waals surface area contributed by atoms with Crippen molar-refractivity contribution in [3.05, 3.63) is 27.5 Å². The zero-order valence-electron chi connectivity index (χ0n) is 6.88. The molecule has 0 saturated heterocycles. The fourth-order valence-electron chi connectivity index (χ4n) is 0.782. The van der Waals surface area contributed by atoms with Crippen molar-refractivity contribution in [3.8, 4) is 0 Å². The maximum atomic E-state index is 10.9. The topological polar surface area (TPSA) is 39.2 Å². The van der Waals surface area contributed by atoms with E-state index in [1.54, 1.807) is 12.3 Å².